The van der Waals surface area contributed by atoms with Crippen molar-refractivity contribution in [3.05, 3.63) is 12.4 Å². The van der Waals surface area contributed by atoms with Crippen molar-refractivity contribution in [2.75, 3.05) is 19.8 Å². The van der Waals surface area contributed by atoms with Crippen molar-refractivity contribution in [1.82, 2.24) is 9.80 Å². The van der Waals surface area contributed by atoms with Gasteiger partial charge in [0.1, 0.15) is 0 Å². The van der Waals surface area contributed by atoms with Gasteiger partial charge in [-0.15, -0.1) is 0 Å². The lowest BCUT2D eigenvalue weighted by molar-refractivity contribution is -0.134. The smallest absolute Gasteiger partial charge is 0.300 e. The predicted molar refractivity (Wildman–Crippen MR) is 70.5 cm³/mol. The van der Waals surface area contributed by atoms with Crippen molar-refractivity contribution in [3.8, 4) is 0 Å². The van der Waals surface area contributed by atoms with Gasteiger partial charge in [0.2, 0.25) is 0 Å². The molecule has 0 atom stereocenters. The van der Waals surface area contributed by atoms with Gasteiger partial charge in [0, 0.05) is 32.4 Å². The Labute approximate surface area is 105 Å². The molecule has 0 saturated heterocycles. The topological polar surface area (TPSA) is 43.8 Å². The summed E-state index contributed by atoms with van der Waals surface area (Å²) in [6.07, 6.45) is 9.66. The minimum atomic E-state index is -0.833. The molecule has 0 aliphatic carbocycles. The van der Waals surface area contributed by atoms with Crippen LogP contribution < -0.4 is 0 Å². The van der Waals surface area contributed by atoms with Gasteiger partial charge in [-0.25, -0.2) is 0 Å². The van der Waals surface area contributed by atoms with Gasteiger partial charge in [-0.05, 0) is 12.8 Å². The maximum atomic E-state index is 9.00. The molecule has 100 valence electrons. The molecule has 0 unspecified atom stereocenters. The van der Waals surface area contributed by atoms with E-state index in [0.717, 1.165) is 13.6 Å². The molecule has 0 radical (unpaired) electrons. The zero-order valence-corrected chi connectivity index (χ0v) is 11.4. The molecule has 1 N–H and O–H groups in total. The van der Waals surface area contributed by atoms with Crippen LogP contribution in [0.3, 0.4) is 0 Å². The van der Waals surface area contributed by atoms with Gasteiger partial charge in [0.25, 0.3) is 5.97 Å². The minimum absolute atomic E-state index is 0.833. The van der Waals surface area contributed by atoms with E-state index in [1.54, 1.807) is 0 Å². The van der Waals surface area contributed by atoms with Crippen molar-refractivity contribution >= 4 is 5.97 Å². The summed E-state index contributed by atoms with van der Waals surface area (Å²) in [5, 5.41) is 7.42. The van der Waals surface area contributed by atoms with Crippen LogP contribution in [-0.4, -0.2) is 40.6 Å². The van der Waals surface area contributed by atoms with Crippen LogP contribution in [0.5, 0.6) is 0 Å². The summed E-state index contributed by atoms with van der Waals surface area (Å²) in [4.78, 5) is 13.8. The fourth-order valence-corrected chi connectivity index (χ4v) is 1.53. The number of aliphatic carboxylic acids is 1. The van der Waals surface area contributed by atoms with Gasteiger partial charge in [0.15, 0.2) is 0 Å². The van der Waals surface area contributed by atoms with E-state index in [9.17, 15) is 0 Å². The number of carboxylic acids is 1. The molecule has 0 saturated carbocycles. The molecule has 0 spiro atoms. The Morgan fingerprint density at radius 3 is 1.76 bits per heavy atom. The van der Waals surface area contributed by atoms with E-state index in [2.05, 4.69) is 36.0 Å². The largest absolute Gasteiger partial charge is 0.481 e. The van der Waals surface area contributed by atoms with E-state index in [-0.39, 0.29) is 0 Å². The standard InChI is InChI=1S/C11H22N2.C2H4O2/c1-3-5-7-12-9-10-13(11-12)8-6-4-2;1-2(3)4/h9-10H,3-8,11H2,1-2H3;1H3,(H,3,4). The van der Waals surface area contributed by atoms with Crippen LogP contribution in [0.25, 0.3) is 0 Å². The van der Waals surface area contributed by atoms with Gasteiger partial charge >= 0.3 is 0 Å². The number of rotatable bonds is 6. The van der Waals surface area contributed by atoms with Gasteiger partial charge in [-0.2, -0.15) is 0 Å². The summed E-state index contributed by atoms with van der Waals surface area (Å²) in [6, 6.07) is 0. The third-order valence-corrected chi connectivity index (χ3v) is 2.45. The number of nitrogens with zero attached hydrogens (tertiary/aromatic N) is 2. The molecule has 0 amide bonds. The lowest BCUT2D eigenvalue weighted by Gasteiger charge is -2.20. The van der Waals surface area contributed by atoms with Crippen molar-refractivity contribution in [2.45, 2.75) is 46.5 Å². The lowest BCUT2D eigenvalue weighted by atomic mass is 10.3. The summed E-state index contributed by atoms with van der Waals surface area (Å²) in [7, 11) is 0. The summed E-state index contributed by atoms with van der Waals surface area (Å²) in [6.45, 7) is 9.12. The van der Waals surface area contributed by atoms with Crippen LogP contribution in [0, 0.1) is 0 Å². The van der Waals surface area contributed by atoms with E-state index in [0.29, 0.717) is 0 Å². The Morgan fingerprint density at radius 2 is 1.47 bits per heavy atom. The maximum absolute atomic E-state index is 9.00. The molecule has 0 aromatic heterocycles. The second-order valence-electron chi connectivity index (χ2n) is 4.29. The third kappa shape index (κ3) is 9.72. The number of carboxylic acid groups (broad SMARTS) is 1. The molecule has 4 heteroatoms. The second-order valence-corrected chi connectivity index (χ2v) is 4.29. The Balaban J connectivity index is 0.000000557. The summed E-state index contributed by atoms with van der Waals surface area (Å²) in [5.41, 5.74) is 0. The number of hydrogen-bond acceptors (Lipinski definition) is 3. The molecule has 0 fully saturated rings. The van der Waals surface area contributed by atoms with E-state index < -0.39 is 5.97 Å². The van der Waals surface area contributed by atoms with Crippen molar-refractivity contribution < 1.29 is 9.90 Å². The Kier molecular flexibility index (Phi) is 9.30. The molecule has 0 aromatic rings. The van der Waals surface area contributed by atoms with E-state index in [4.69, 9.17) is 9.90 Å². The zero-order chi connectivity index (χ0) is 13.1. The van der Waals surface area contributed by atoms with Gasteiger partial charge < -0.3 is 14.9 Å². The number of carbonyl (C=O) groups is 1. The van der Waals surface area contributed by atoms with E-state index in [1.165, 1.54) is 38.8 Å². The second kappa shape index (κ2) is 10.00. The average Bonchev–Trinajstić information content (AvgIpc) is 2.70. The van der Waals surface area contributed by atoms with Gasteiger partial charge in [0.05, 0.1) is 6.67 Å². The summed E-state index contributed by atoms with van der Waals surface area (Å²) >= 11 is 0. The molecular formula is C13H26N2O2. The van der Waals surface area contributed by atoms with Crippen molar-refractivity contribution in [3.63, 3.8) is 0 Å². The quantitative estimate of drug-likeness (QED) is 0.778. The first-order valence-electron chi connectivity index (χ1n) is 6.46. The number of unbranched alkanes of at least 4 members (excludes halogenated alkanes) is 2. The Bertz CT molecular complexity index is 209. The van der Waals surface area contributed by atoms with Crippen LogP contribution in [0.2, 0.25) is 0 Å². The maximum Gasteiger partial charge on any atom is 0.300 e. The van der Waals surface area contributed by atoms with Crippen LogP contribution in [0.15, 0.2) is 12.4 Å². The monoisotopic (exact) mass is 242 g/mol. The predicted octanol–water partition coefficient (Wildman–Crippen LogP) is 2.72. The number of hydrogen-bond donors (Lipinski definition) is 1. The fourth-order valence-electron chi connectivity index (χ4n) is 1.53. The van der Waals surface area contributed by atoms with Crippen LogP contribution in [0.4, 0.5) is 0 Å². The Hall–Kier alpha value is -1.19. The summed E-state index contributed by atoms with van der Waals surface area (Å²) < 4.78 is 0. The minimum Gasteiger partial charge on any atom is -0.481 e. The van der Waals surface area contributed by atoms with E-state index >= 15 is 0 Å². The van der Waals surface area contributed by atoms with Gasteiger partial charge in [-0.3, -0.25) is 4.79 Å². The van der Waals surface area contributed by atoms with Crippen LogP contribution in [-0.2, 0) is 4.79 Å². The fraction of sp³-hybridized carbons (Fsp3) is 0.769. The third-order valence-electron chi connectivity index (χ3n) is 2.45. The summed E-state index contributed by atoms with van der Waals surface area (Å²) in [5.74, 6) is -0.833. The first-order chi connectivity index (χ1) is 8.10. The van der Waals surface area contributed by atoms with Crippen LogP contribution >= 0.6 is 0 Å². The van der Waals surface area contributed by atoms with Crippen molar-refractivity contribution in [2.24, 2.45) is 0 Å². The van der Waals surface area contributed by atoms with Crippen LogP contribution in [0.1, 0.15) is 46.5 Å². The normalized spacial score (nSPS) is 13.6. The molecule has 0 aromatic carbocycles. The first kappa shape index (κ1) is 15.8. The zero-order valence-electron chi connectivity index (χ0n) is 11.4. The molecule has 1 heterocycles. The molecule has 1 aliphatic rings. The van der Waals surface area contributed by atoms with Crippen molar-refractivity contribution in [1.29, 1.82) is 0 Å². The lowest BCUT2D eigenvalue weighted by Crippen LogP contribution is -2.26. The van der Waals surface area contributed by atoms with Gasteiger partial charge in [-0.1, -0.05) is 26.7 Å². The molecule has 1 rings (SSSR count). The average molecular weight is 242 g/mol. The highest BCUT2D eigenvalue weighted by molar-refractivity contribution is 5.62. The SMILES string of the molecule is CC(=O)O.CCCCN1C=CN(CCCC)C1. The molecule has 17 heavy (non-hydrogen) atoms. The highest BCUT2D eigenvalue weighted by Crippen LogP contribution is 2.08. The molecular weight excluding hydrogens is 216 g/mol. The highest BCUT2D eigenvalue weighted by Gasteiger charge is 2.09. The molecule has 0 bridgehead atoms. The molecule has 1 aliphatic heterocycles. The first-order valence-corrected chi connectivity index (χ1v) is 6.46. The molecule has 4 nitrogen and oxygen atoms in total. The Morgan fingerprint density at radius 1 is 1.12 bits per heavy atom. The highest BCUT2D eigenvalue weighted by atomic mass is 16.4. The van der Waals surface area contributed by atoms with E-state index in [1.807, 2.05) is 0 Å².